The fraction of sp³-hybridized carbons (Fsp3) is 0.286. The number of Topliss-reactive ketones (excluding diaryl/α,β-unsaturated/α-hetero) is 1. The third-order valence-electron chi connectivity index (χ3n) is 3.39. The summed E-state index contributed by atoms with van der Waals surface area (Å²) in [6.45, 7) is 0.873. The smallest absolute Gasteiger partial charge is 0.341 e. The van der Waals surface area contributed by atoms with E-state index in [0.29, 0.717) is 13.0 Å². The van der Waals surface area contributed by atoms with Crippen molar-refractivity contribution in [2.45, 2.75) is 19.0 Å². The Bertz CT molecular complexity index is 548. The van der Waals surface area contributed by atoms with Crippen LogP contribution in [-0.4, -0.2) is 24.4 Å². The number of hydrogen-bond donors (Lipinski definition) is 1. The molecule has 4 nitrogen and oxygen atoms in total. The van der Waals surface area contributed by atoms with Crippen molar-refractivity contribution in [1.29, 1.82) is 0 Å². The third-order valence-corrected chi connectivity index (χ3v) is 3.39. The molecule has 2 aliphatic rings. The van der Waals surface area contributed by atoms with Crippen LogP contribution in [0.2, 0.25) is 0 Å². The highest BCUT2D eigenvalue weighted by Crippen LogP contribution is 2.19. The van der Waals surface area contributed by atoms with Crippen molar-refractivity contribution in [1.82, 2.24) is 5.32 Å². The first-order valence-electron chi connectivity index (χ1n) is 5.97. The molecule has 0 bridgehead atoms. The Morgan fingerprint density at radius 3 is 2.78 bits per heavy atom. The third kappa shape index (κ3) is 1.84. The molecule has 0 saturated carbocycles. The van der Waals surface area contributed by atoms with Crippen LogP contribution in [0.3, 0.4) is 0 Å². The van der Waals surface area contributed by atoms with E-state index in [1.54, 1.807) is 6.08 Å². The molecule has 0 saturated heterocycles. The van der Waals surface area contributed by atoms with Crippen LogP contribution in [-0.2, 0) is 27.3 Å². The van der Waals surface area contributed by atoms with Crippen molar-refractivity contribution in [2.75, 3.05) is 6.61 Å². The number of ketones is 1. The molecule has 3 rings (SSSR count). The highest BCUT2D eigenvalue weighted by Gasteiger charge is 2.31. The van der Waals surface area contributed by atoms with Gasteiger partial charge in [-0.25, -0.2) is 4.79 Å². The minimum atomic E-state index is -0.499. The lowest BCUT2D eigenvalue weighted by Crippen LogP contribution is -2.43. The number of rotatable bonds is 2. The lowest BCUT2D eigenvalue weighted by molar-refractivity contribution is -0.137. The topological polar surface area (TPSA) is 55.4 Å². The van der Waals surface area contributed by atoms with E-state index in [2.05, 4.69) is 5.32 Å². The van der Waals surface area contributed by atoms with E-state index in [9.17, 15) is 9.59 Å². The Kier molecular flexibility index (Phi) is 2.72. The van der Waals surface area contributed by atoms with Crippen LogP contribution in [0.4, 0.5) is 0 Å². The van der Waals surface area contributed by atoms with E-state index in [-0.39, 0.29) is 24.0 Å². The highest BCUT2D eigenvalue weighted by molar-refractivity contribution is 6.20. The summed E-state index contributed by atoms with van der Waals surface area (Å²) < 4.78 is 4.77. The van der Waals surface area contributed by atoms with Crippen molar-refractivity contribution in [3.05, 3.63) is 47.0 Å². The first-order valence-corrected chi connectivity index (χ1v) is 5.97. The van der Waals surface area contributed by atoms with Crippen LogP contribution in [0.1, 0.15) is 11.1 Å². The zero-order valence-electron chi connectivity index (χ0n) is 9.81. The molecule has 0 unspecified atom stereocenters. The van der Waals surface area contributed by atoms with E-state index in [1.165, 1.54) is 11.1 Å². The largest absolute Gasteiger partial charge is 0.458 e. The summed E-state index contributed by atoms with van der Waals surface area (Å²) in [7, 11) is 0. The Hall–Kier alpha value is -1.94. The van der Waals surface area contributed by atoms with Gasteiger partial charge in [0, 0.05) is 6.54 Å². The summed E-state index contributed by atoms with van der Waals surface area (Å²) in [6, 6.07) is 7.70. The fourth-order valence-corrected chi connectivity index (χ4v) is 2.39. The monoisotopic (exact) mass is 243 g/mol. The molecule has 4 heteroatoms. The first-order chi connectivity index (χ1) is 8.75. The molecule has 0 fully saturated rings. The summed E-state index contributed by atoms with van der Waals surface area (Å²) >= 11 is 0. The predicted molar refractivity (Wildman–Crippen MR) is 64.8 cm³/mol. The van der Waals surface area contributed by atoms with Gasteiger partial charge in [0.2, 0.25) is 0 Å². The number of nitrogens with one attached hydrogen (secondary N) is 1. The van der Waals surface area contributed by atoms with Gasteiger partial charge in [0.1, 0.15) is 12.2 Å². The lowest BCUT2D eigenvalue weighted by Gasteiger charge is -2.24. The molecule has 1 N–H and O–H groups in total. The molecule has 92 valence electrons. The lowest BCUT2D eigenvalue weighted by atomic mass is 9.91. The van der Waals surface area contributed by atoms with Crippen molar-refractivity contribution in [3.63, 3.8) is 0 Å². The van der Waals surface area contributed by atoms with E-state index in [1.807, 2.05) is 24.3 Å². The molecule has 0 radical (unpaired) electrons. The number of cyclic esters (lactones) is 1. The molecule has 0 spiro atoms. The number of benzene rings is 1. The molecule has 2 heterocycles. The van der Waals surface area contributed by atoms with Gasteiger partial charge in [0.05, 0.1) is 6.04 Å². The van der Waals surface area contributed by atoms with Gasteiger partial charge >= 0.3 is 5.97 Å². The molecular weight excluding hydrogens is 230 g/mol. The number of carbonyl (C=O) groups excluding carboxylic acids is 2. The van der Waals surface area contributed by atoms with Crippen LogP contribution in [0.25, 0.3) is 0 Å². The number of esters is 1. The second-order valence-electron chi connectivity index (χ2n) is 4.49. The molecule has 0 aromatic heterocycles. The van der Waals surface area contributed by atoms with E-state index < -0.39 is 5.97 Å². The number of hydrogen-bond acceptors (Lipinski definition) is 4. The van der Waals surface area contributed by atoms with Gasteiger partial charge < -0.3 is 10.1 Å². The van der Waals surface area contributed by atoms with Crippen LogP contribution < -0.4 is 5.32 Å². The maximum Gasteiger partial charge on any atom is 0.341 e. The molecule has 18 heavy (non-hydrogen) atoms. The number of fused-ring (bicyclic) bond motifs is 1. The normalized spacial score (nSPS) is 22.1. The van der Waals surface area contributed by atoms with Gasteiger partial charge in [-0.2, -0.15) is 0 Å². The number of ether oxygens (including phenoxy) is 1. The quantitative estimate of drug-likeness (QED) is 0.615. The van der Waals surface area contributed by atoms with Crippen molar-refractivity contribution in [3.8, 4) is 0 Å². The predicted octanol–water partition coefficient (Wildman–Crippen LogP) is 0.753. The van der Waals surface area contributed by atoms with Gasteiger partial charge in [-0.3, -0.25) is 4.79 Å². The van der Waals surface area contributed by atoms with Gasteiger partial charge in [-0.05, 0) is 23.6 Å². The summed E-state index contributed by atoms with van der Waals surface area (Å²) in [5, 5.41) is 3.17. The van der Waals surface area contributed by atoms with Crippen LogP contribution >= 0.6 is 0 Å². The summed E-state index contributed by atoms with van der Waals surface area (Å²) in [5.74, 6) is -0.660. The minimum Gasteiger partial charge on any atom is -0.458 e. The Balaban J connectivity index is 1.80. The molecule has 1 aromatic carbocycles. The summed E-state index contributed by atoms with van der Waals surface area (Å²) in [4.78, 5) is 23.6. The average Bonchev–Trinajstić information content (AvgIpc) is 2.83. The van der Waals surface area contributed by atoms with Crippen LogP contribution in [0.5, 0.6) is 0 Å². The van der Waals surface area contributed by atoms with Crippen molar-refractivity contribution < 1.29 is 14.3 Å². The molecular formula is C14H13NO3. The van der Waals surface area contributed by atoms with Gasteiger partial charge in [-0.1, -0.05) is 24.3 Å². The molecule has 0 aliphatic carbocycles. The maximum absolute atomic E-state index is 12.2. The summed E-state index contributed by atoms with van der Waals surface area (Å²) in [5.41, 5.74) is 2.57. The van der Waals surface area contributed by atoms with E-state index in [4.69, 9.17) is 4.74 Å². The second kappa shape index (κ2) is 4.38. The fourth-order valence-electron chi connectivity index (χ4n) is 2.39. The Labute approximate surface area is 105 Å². The summed E-state index contributed by atoms with van der Waals surface area (Å²) in [6.07, 6.45) is 2.19. The van der Waals surface area contributed by atoms with Crippen molar-refractivity contribution in [2.24, 2.45) is 0 Å². The first kappa shape index (κ1) is 11.2. The van der Waals surface area contributed by atoms with E-state index >= 15 is 0 Å². The van der Waals surface area contributed by atoms with Crippen molar-refractivity contribution >= 4 is 11.8 Å². The molecule has 1 aromatic rings. The molecule has 1 atom stereocenters. The Morgan fingerprint density at radius 1 is 1.28 bits per heavy atom. The zero-order chi connectivity index (χ0) is 12.5. The van der Waals surface area contributed by atoms with Gasteiger partial charge in [-0.15, -0.1) is 0 Å². The molecule has 0 amide bonds. The van der Waals surface area contributed by atoms with E-state index in [0.717, 1.165) is 0 Å². The molecule has 2 aliphatic heterocycles. The maximum atomic E-state index is 12.2. The zero-order valence-corrected chi connectivity index (χ0v) is 9.81. The second-order valence-corrected chi connectivity index (χ2v) is 4.49. The SMILES string of the molecule is O=C1OCC=C1C(=O)[C@H]1Cc2ccccc2CN1. The average molecular weight is 243 g/mol. The minimum absolute atomic E-state index is 0.160. The highest BCUT2D eigenvalue weighted by atomic mass is 16.5. The van der Waals surface area contributed by atoms with Crippen LogP contribution in [0.15, 0.2) is 35.9 Å². The van der Waals surface area contributed by atoms with Gasteiger partial charge in [0.15, 0.2) is 5.78 Å². The Morgan fingerprint density at radius 2 is 2.06 bits per heavy atom. The standard InChI is InChI=1S/C14H13NO3/c16-13(11-5-6-18-14(11)17)12-7-9-3-1-2-4-10(9)8-15-12/h1-5,12,15H,6-8H2/t12-/m1/s1. The number of carbonyl (C=O) groups is 2. The van der Waals surface area contributed by atoms with Gasteiger partial charge in [0.25, 0.3) is 0 Å². The van der Waals surface area contributed by atoms with Crippen LogP contribution in [0, 0.1) is 0 Å².